The lowest BCUT2D eigenvalue weighted by atomic mass is 10.3. The summed E-state index contributed by atoms with van der Waals surface area (Å²) in [5.41, 5.74) is 0. The van der Waals surface area contributed by atoms with Gasteiger partial charge in [-0.3, -0.25) is 0 Å². The number of hydrogen-bond donors (Lipinski definition) is 2. The van der Waals surface area contributed by atoms with Gasteiger partial charge in [-0.15, -0.1) is 0 Å². The number of aldehydes is 1. The summed E-state index contributed by atoms with van der Waals surface area (Å²) in [6.45, 7) is 1.09. The third-order valence-electron chi connectivity index (χ3n) is 1.22. The van der Waals surface area contributed by atoms with Crippen LogP contribution in [-0.4, -0.2) is 36.9 Å². The van der Waals surface area contributed by atoms with Gasteiger partial charge in [0.25, 0.3) is 0 Å². The summed E-state index contributed by atoms with van der Waals surface area (Å²) in [6.07, 6.45) is -0.319. The van der Waals surface area contributed by atoms with E-state index in [4.69, 9.17) is 9.84 Å². The molecule has 1 fully saturated rings. The maximum absolute atomic E-state index is 10.1. The average Bonchev–Trinajstić information content (AvgIpc) is 1.89. The van der Waals surface area contributed by atoms with E-state index in [0.29, 0.717) is 19.4 Å². The molecule has 0 spiro atoms. The molecule has 1 heterocycles. The van der Waals surface area contributed by atoms with E-state index in [0.717, 1.165) is 0 Å². The van der Waals surface area contributed by atoms with Gasteiger partial charge in [0.1, 0.15) is 12.3 Å². The molecule has 0 aliphatic carbocycles. The number of morpholine rings is 1. The highest BCUT2D eigenvalue weighted by atomic mass is 16.6. The second-order valence-electron chi connectivity index (χ2n) is 1.88. The minimum Gasteiger partial charge on any atom is -0.366 e. The summed E-state index contributed by atoms with van der Waals surface area (Å²) in [6, 6.07) is -0.543. The molecule has 4 nitrogen and oxygen atoms in total. The van der Waals surface area contributed by atoms with E-state index in [1.165, 1.54) is 0 Å². The van der Waals surface area contributed by atoms with Crippen LogP contribution in [0.3, 0.4) is 0 Å². The van der Waals surface area contributed by atoms with Gasteiger partial charge < -0.3 is 20.0 Å². The van der Waals surface area contributed by atoms with Crippen molar-refractivity contribution >= 4 is 6.29 Å². The molecule has 2 N–H and O–H groups in total. The average molecular weight is 131 g/mol. The van der Waals surface area contributed by atoms with Gasteiger partial charge in [-0.2, -0.15) is 0 Å². The van der Waals surface area contributed by atoms with Crippen molar-refractivity contribution in [3.63, 3.8) is 0 Å². The molecule has 0 saturated carbocycles. The first-order valence-electron chi connectivity index (χ1n) is 2.83. The topological polar surface area (TPSA) is 58.6 Å². The molecule has 1 saturated heterocycles. The molecule has 0 bridgehead atoms. The van der Waals surface area contributed by atoms with Gasteiger partial charge in [0, 0.05) is 6.54 Å². The van der Waals surface area contributed by atoms with Crippen LogP contribution in [0.2, 0.25) is 0 Å². The third-order valence-corrected chi connectivity index (χ3v) is 1.22. The van der Waals surface area contributed by atoms with E-state index in [2.05, 4.69) is 5.32 Å². The van der Waals surface area contributed by atoms with Crippen LogP contribution in [0.4, 0.5) is 0 Å². The Hall–Kier alpha value is -0.450. The summed E-state index contributed by atoms with van der Waals surface area (Å²) in [4.78, 5) is 10.1. The van der Waals surface area contributed by atoms with Crippen molar-refractivity contribution in [2.24, 2.45) is 0 Å². The molecule has 52 valence electrons. The number of carbonyl (C=O) groups excluding carboxylic acids is 1. The number of aliphatic hydroxyl groups is 1. The van der Waals surface area contributed by atoms with Crippen LogP contribution in [0.1, 0.15) is 0 Å². The number of ether oxygens (including phenoxy) is 1. The maximum Gasteiger partial charge on any atom is 0.176 e. The number of nitrogens with one attached hydrogen (secondary N) is 1. The quantitative estimate of drug-likeness (QED) is 0.425. The Morgan fingerprint density at radius 2 is 2.56 bits per heavy atom. The van der Waals surface area contributed by atoms with Crippen LogP contribution in [-0.2, 0) is 9.53 Å². The Morgan fingerprint density at radius 3 is 3.00 bits per heavy atom. The third kappa shape index (κ3) is 1.48. The van der Waals surface area contributed by atoms with Crippen LogP contribution in [0.5, 0.6) is 0 Å². The van der Waals surface area contributed by atoms with Crippen LogP contribution in [0, 0.1) is 0 Å². The lowest BCUT2D eigenvalue weighted by molar-refractivity contribution is -0.148. The lowest BCUT2D eigenvalue weighted by Gasteiger charge is -2.24. The minimum atomic E-state index is -0.962. The largest absolute Gasteiger partial charge is 0.366 e. The lowest BCUT2D eigenvalue weighted by Crippen LogP contribution is -2.49. The Balaban J connectivity index is 2.38. The zero-order valence-electron chi connectivity index (χ0n) is 4.91. The molecule has 1 aliphatic rings. The van der Waals surface area contributed by atoms with Crippen molar-refractivity contribution in [3.05, 3.63) is 0 Å². The highest BCUT2D eigenvalue weighted by molar-refractivity contribution is 5.58. The zero-order valence-corrected chi connectivity index (χ0v) is 4.91. The molecule has 1 aliphatic heterocycles. The summed E-state index contributed by atoms with van der Waals surface area (Å²) in [7, 11) is 0. The minimum absolute atomic E-state index is 0.464. The fraction of sp³-hybridized carbons (Fsp3) is 0.800. The predicted molar refractivity (Wildman–Crippen MR) is 29.8 cm³/mol. The Morgan fingerprint density at radius 1 is 1.78 bits per heavy atom. The first kappa shape index (κ1) is 6.67. The first-order valence-corrected chi connectivity index (χ1v) is 2.83. The van der Waals surface area contributed by atoms with Crippen molar-refractivity contribution in [3.8, 4) is 0 Å². The molecule has 2 unspecified atom stereocenters. The fourth-order valence-electron chi connectivity index (χ4n) is 0.725. The maximum atomic E-state index is 10.1. The van der Waals surface area contributed by atoms with Crippen LogP contribution in [0.25, 0.3) is 0 Å². The molecule has 0 radical (unpaired) electrons. The predicted octanol–water partition coefficient (Wildman–Crippen LogP) is -1.51. The fourth-order valence-corrected chi connectivity index (χ4v) is 0.725. The van der Waals surface area contributed by atoms with Gasteiger partial charge in [0.2, 0.25) is 0 Å². The highest BCUT2D eigenvalue weighted by Crippen LogP contribution is 1.97. The van der Waals surface area contributed by atoms with Crippen molar-refractivity contribution in [1.29, 1.82) is 0 Å². The summed E-state index contributed by atoms with van der Waals surface area (Å²) < 4.78 is 4.74. The van der Waals surface area contributed by atoms with Crippen molar-refractivity contribution in [2.75, 3.05) is 13.2 Å². The number of aliphatic hydroxyl groups excluding tert-OH is 1. The van der Waals surface area contributed by atoms with E-state index in [1.807, 2.05) is 0 Å². The standard InChI is InChI=1S/C5H9NO3/c7-3-4-5(8)9-2-1-6-4/h3-6,8H,1-2H2. The molecule has 2 atom stereocenters. The Labute approximate surface area is 52.8 Å². The first-order chi connectivity index (χ1) is 4.34. The highest BCUT2D eigenvalue weighted by Gasteiger charge is 2.21. The van der Waals surface area contributed by atoms with E-state index in [1.54, 1.807) is 0 Å². The summed E-state index contributed by atoms with van der Waals surface area (Å²) >= 11 is 0. The Kier molecular flexibility index (Phi) is 2.16. The molecule has 0 aromatic heterocycles. The van der Waals surface area contributed by atoms with Gasteiger partial charge in [0.15, 0.2) is 6.29 Å². The van der Waals surface area contributed by atoms with Gasteiger partial charge in [-0.25, -0.2) is 0 Å². The molecule has 0 aromatic rings. The molecule has 9 heavy (non-hydrogen) atoms. The molecule has 0 amide bonds. The van der Waals surface area contributed by atoms with Gasteiger partial charge in [0.05, 0.1) is 6.61 Å². The zero-order chi connectivity index (χ0) is 6.69. The smallest absolute Gasteiger partial charge is 0.176 e. The summed E-state index contributed by atoms with van der Waals surface area (Å²) in [5.74, 6) is 0. The SMILES string of the molecule is O=CC1NCCOC1O. The van der Waals surface area contributed by atoms with E-state index in [-0.39, 0.29) is 0 Å². The second kappa shape index (κ2) is 2.91. The Bertz CT molecular complexity index is 106. The molecular weight excluding hydrogens is 122 g/mol. The van der Waals surface area contributed by atoms with E-state index < -0.39 is 12.3 Å². The molecular formula is C5H9NO3. The van der Waals surface area contributed by atoms with Crippen molar-refractivity contribution in [1.82, 2.24) is 5.32 Å². The van der Waals surface area contributed by atoms with Gasteiger partial charge >= 0.3 is 0 Å². The molecule has 0 aromatic carbocycles. The second-order valence-corrected chi connectivity index (χ2v) is 1.88. The van der Waals surface area contributed by atoms with Crippen LogP contribution >= 0.6 is 0 Å². The normalized spacial score (nSPS) is 36.1. The van der Waals surface area contributed by atoms with Crippen molar-refractivity contribution in [2.45, 2.75) is 12.3 Å². The van der Waals surface area contributed by atoms with Crippen molar-refractivity contribution < 1.29 is 14.6 Å². The molecule has 1 rings (SSSR count). The van der Waals surface area contributed by atoms with Gasteiger partial charge in [-0.1, -0.05) is 0 Å². The number of rotatable bonds is 1. The number of carbonyl (C=O) groups is 1. The van der Waals surface area contributed by atoms with E-state index in [9.17, 15) is 4.79 Å². The van der Waals surface area contributed by atoms with Crippen LogP contribution in [0.15, 0.2) is 0 Å². The van der Waals surface area contributed by atoms with E-state index >= 15 is 0 Å². The van der Waals surface area contributed by atoms with Gasteiger partial charge in [-0.05, 0) is 0 Å². The number of hydrogen-bond acceptors (Lipinski definition) is 4. The van der Waals surface area contributed by atoms with Crippen LogP contribution < -0.4 is 5.32 Å². The monoisotopic (exact) mass is 131 g/mol. The molecule has 4 heteroatoms. The summed E-state index contributed by atoms with van der Waals surface area (Å²) in [5, 5.41) is 11.6.